The molecule has 4 rings (SSSR count). The number of nitrogens with two attached hydrogens (primary N) is 1. The van der Waals surface area contributed by atoms with Gasteiger partial charge in [0.1, 0.15) is 24.2 Å². The first-order valence-corrected chi connectivity index (χ1v) is 12.0. The number of amides is 2. The minimum atomic E-state index is -2.28. The quantitative estimate of drug-likeness (QED) is 0.0744. The van der Waals surface area contributed by atoms with E-state index in [1.165, 1.54) is 5.38 Å². The summed E-state index contributed by atoms with van der Waals surface area (Å²) in [6.07, 6.45) is -1.57. The number of carbonyl (C=O) groups is 4. The van der Waals surface area contributed by atoms with Crippen LogP contribution >= 0.6 is 11.3 Å². The first-order chi connectivity index (χ1) is 16.1. The number of carboxylic acid groups (broad SMARTS) is 1. The van der Waals surface area contributed by atoms with Crippen molar-refractivity contribution in [1.82, 2.24) is 15.2 Å². The van der Waals surface area contributed by atoms with E-state index in [1.807, 2.05) is 0 Å². The number of aliphatic carboxylic acids is 1. The molecule has 3 aliphatic heterocycles. The second-order valence-corrected chi connectivity index (χ2v) is 10.1. The molecule has 0 bridgehead atoms. The standard InChI is InChI=1S/C17H19N5O10S2/c18-16-19-8(4-33-16)10(21-31-3-7(24)2-23)12(26)20-11-13(27)22-14(11)34(30)5-6-1-9(25)32-17(6,22)15(28)29/h4,6-7,11,14,23-24H,1-3,5H2,(H2,18,19)(H,20,26)(H,28,29)/b21-10-/t6-,7+,11+,14+,17+,34-/m0/s1. The molecule has 0 aromatic carbocycles. The maximum atomic E-state index is 12.9. The molecule has 15 nitrogen and oxygen atoms in total. The lowest BCUT2D eigenvalue weighted by molar-refractivity contribution is -0.216. The summed E-state index contributed by atoms with van der Waals surface area (Å²) in [6, 6.07) is -1.39. The molecule has 6 N–H and O–H groups in total. The average molecular weight is 517 g/mol. The molecular weight excluding hydrogens is 498 g/mol. The number of nitrogen functional groups attached to an aromatic ring is 1. The van der Waals surface area contributed by atoms with Crippen molar-refractivity contribution in [3.63, 3.8) is 0 Å². The molecule has 3 saturated heterocycles. The van der Waals surface area contributed by atoms with Gasteiger partial charge in [-0.2, -0.15) is 0 Å². The number of hydrogen-bond donors (Lipinski definition) is 5. The first-order valence-electron chi connectivity index (χ1n) is 9.76. The van der Waals surface area contributed by atoms with Crippen molar-refractivity contribution in [2.24, 2.45) is 11.1 Å². The Morgan fingerprint density at radius 2 is 2.26 bits per heavy atom. The van der Waals surface area contributed by atoms with E-state index in [4.69, 9.17) is 20.4 Å². The third-order valence-electron chi connectivity index (χ3n) is 5.48. The van der Waals surface area contributed by atoms with Gasteiger partial charge in [-0.05, 0) is 11.2 Å². The van der Waals surface area contributed by atoms with E-state index in [-0.39, 0.29) is 23.0 Å². The van der Waals surface area contributed by atoms with Crippen LogP contribution in [0.2, 0.25) is 0 Å². The molecule has 0 radical (unpaired) electrons. The number of carbonyl (C=O) groups excluding carboxylic acids is 3. The van der Waals surface area contributed by atoms with Crippen LogP contribution in [0.5, 0.6) is 0 Å². The summed E-state index contributed by atoms with van der Waals surface area (Å²) in [7, 11) is 0. The van der Waals surface area contributed by atoms with Crippen molar-refractivity contribution >= 4 is 57.1 Å². The molecule has 0 spiro atoms. The van der Waals surface area contributed by atoms with Crippen LogP contribution in [-0.4, -0.2) is 101 Å². The molecule has 17 heteroatoms. The molecule has 1 aromatic rings. The lowest BCUT2D eigenvalue weighted by atomic mass is 9.89. The van der Waals surface area contributed by atoms with Crippen molar-refractivity contribution in [3.05, 3.63) is 11.1 Å². The molecular formula is C17H19N5O10S2. The molecule has 0 saturated carbocycles. The molecule has 34 heavy (non-hydrogen) atoms. The smallest absolute Gasteiger partial charge is 0.371 e. The van der Waals surface area contributed by atoms with Crippen LogP contribution < -0.4 is 11.1 Å². The number of thiazole rings is 1. The number of carboxylic acids is 1. The number of β-lactam (4-membered cyclic amide) rings is 1. The molecule has 184 valence electrons. The Morgan fingerprint density at radius 3 is 2.88 bits per heavy atom. The number of aliphatic hydroxyl groups excluding tert-OH is 2. The van der Waals surface area contributed by atoms with Crippen molar-refractivity contribution < 1.29 is 48.6 Å². The lowest BCUT2D eigenvalue weighted by Gasteiger charge is -2.55. The predicted molar refractivity (Wildman–Crippen MR) is 112 cm³/mol. The zero-order valence-corrected chi connectivity index (χ0v) is 18.8. The van der Waals surface area contributed by atoms with E-state index >= 15 is 0 Å². The zero-order chi connectivity index (χ0) is 24.8. The van der Waals surface area contributed by atoms with Gasteiger partial charge >= 0.3 is 11.9 Å². The highest BCUT2D eigenvalue weighted by Crippen LogP contribution is 2.48. The Bertz CT molecular complexity index is 1070. The van der Waals surface area contributed by atoms with Crippen molar-refractivity contribution in [2.45, 2.75) is 29.7 Å². The molecule has 3 aliphatic rings. The van der Waals surface area contributed by atoms with Gasteiger partial charge in [-0.1, -0.05) is 5.16 Å². The number of aromatic nitrogens is 1. The number of hydrogen-bond acceptors (Lipinski definition) is 13. The van der Waals surface area contributed by atoms with Crippen LogP contribution in [0, 0.1) is 5.92 Å². The van der Waals surface area contributed by atoms with Gasteiger partial charge in [0.15, 0.2) is 16.9 Å². The van der Waals surface area contributed by atoms with Crippen LogP contribution in [0.4, 0.5) is 5.13 Å². The molecule has 6 atom stereocenters. The zero-order valence-electron chi connectivity index (χ0n) is 17.2. The molecule has 4 heterocycles. The summed E-state index contributed by atoms with van der Waals surface area (Å²) in [4.78, 5) is 59.2. The largest absolute Gasteiger partial charge is 0.615 e. The van der Waals surface area contributed by atoms with E-state index in [1.54, 1.807) is 0 Å². The number of fused-ring (bicyclic) bond motifs is 3. The number of nitrogens with zero attached hydrogens (tertiary/aromatic N) is 3. The molecule has 2 amide bonds. The Balaban J connectivity index is 1.56. The fourth-order valence-electron chi connectivity index (χ4n) is 3.94. The summed E-state index contributed by atoms with van der Waals surface area (Å²) in [5, 5.41) is 34.2. The first kappa shape index (κ1) is 24.1. The van der Waals surface area contributed by atoms with Crippen molar-refractivity contribution in [2.75, 3.05) is 24.7 Å². The highest BCUT2D eigenvalue weighted by Gasteiger charge is 2.76. The summed E-state index contributed by atoms with van der Waals surface area (Å²) in [6.45, 7) is -1.07. The minimum Gasteiger partial charge on any atom is -0.615 e. The minimum absolute atomic E-state index is 0.0151. The number of ether oxygens (including phenoxy) is 1. The number of oxime groups is 1. The maximum Gasteiger partial charge on any atom is 0.371 e. The topological polar surface area (TPSA) is 237 Å². The Kier molecular flexibility index (Phi) is 6.38. The fourth-order valence-corrected chi connectivity index (χ4v) is 6.41. The molecule has 1 aromatic heterocycles. The van der Waals surface area contributed by atoms with Gasteiger partial charge in [0.25, 0.3) is 17.5 Å². The average Bonchev–Trinajstić information content (AvgIpc) is 3.35. The maximum absolute atomic E-state index is 12.9. The highest BCUT2D eigenvalue weighted by atomic mass is 32.2. The Hall–Kier alpha value is -2.99. The summed E-state index contributed by atoms with van der Waals surface area (Å²) >= 11 is -0.812. The van der Waals surface area contributed by atoms with Crippen LogP contribution in [-0.2, 0) is 39.9 Å². The van der Waals surface area contributed by atoms with E-state index in [0.29, 0.717) is 0 Å². The second-order valence-electron chi connectivity index (χ2n) is 7.62. The predicted octanol–water partition coefficient (Wildman–Crippen LogP) is -3.44. The van der Waals surface area contributed by atoms with E-state index < -0.39 is 83.0 Å². The van der Waals surface area contributed by atoms with Gasteiger partial charge in [0.2, 0.25) is 5.37 Å². The molecule has 0 aliphatic carbocycles. The number of esters is 1. The number of rotatable bonds is 8. The highest BCUT2D eigenvalue weighted by molar-refractivity contribution is 7.92. The van der Waals surface area contributed by atoms with Crippen molar-refractivity contribution in [3.8, 4) is 0 Å². The second kappa shape index (κ2) is 8.99. The van der Waals surface area contributed by atoms with Crippen LogP contribution in [0.3, 0.4) is 0 Å². The van der Waals surface area contributed by atoms with Gasteiger partial charge in [0.05, 0.1) is 18.9 Å². The Morgan fingerprint density at radius 1 is 1.53 bits per heavy atom. The number of aliphatic hydroxyl groups is 2. The number of nitrogens with one attached hydrogen (secondary N) is 1. The monoisotopic (exact) mass is 517 g/mol. The third kappa shape index (κ3) is 3.84. The molecule has 0 unspecified atom stereocenters. The van der Waals surface area contributed by atoms with Crippen molar-refractivity contribution in [1.29, 1.82) is 0 Å². The Labute approximate surface area is 197 Å². The SMILES string of the molecule is Nc1nc(/C(=N/OC[C@H](O)CO)C(=O)N[C@@H]2C(=O)N3[C@@H]2[S@@+]([O-])C[C@@H]2CC(=O)O[C@@]23C(=O)O)cs1. The van der Waals surface area contributed by atoms with E-state index in [0.717, 1.165) is 16.2 Å². The lowest BCUT2D eigenvalue weighted by Crippen LogP contribution is -2.84. The van der Waals surface area contributed by atoms with Gasteiger partial charge in [0, 0.05) is 5.38 Å². The van der Waals surface area contributed by atoms with Crippen LogP contribution in [0.15, 0.2) is 10.5 Å². The van der Waals surface area contributed by atoms with Gasteiger partial charge < -0.3 is 40.5 Å². The van der Waals surface area contributed by atoms with E-state index in [9.17, 15) is 33.9 Å². The normalized spacial score (nSPS) is 31.1. The molecule has 3 fully saturated rings. The van der Waals surface area contributed by atoms with Gasteiger partial charge in [-0.15, -0.1) is 11.3 Å². The van der Waals surface area contributed by atoms with Crippen LogP contribution in [0.1, 0.15) is 12.1 Å². The third-order valence-corrected chi connectivity index (χ3v) is 7.90. The van der Waals surface area contributed by atoms with E-state index in [2.05, 4.69) is 15.5 Å². The summed E-state index contributed by atoms with van der Waals surface area (Å²) < 4.78 is 17.8. The summed E-state index contributed by atoms with van der Waals surface area (Å²) in [5.41, 5.74) is 2.87. The summed E-state index contributed by atoms with van der Waals surface area (Å²) in [5.74, 6) is -5.49. The number of anilines is 1. The fraction of sp³-hybridized carbons (Fsp3) is 0.529. The van der Waals surface area contributed by atoms with Gasteiger partial charge in [-0.3, -0.25) is 14.4 Å². The van der Waals surface area contributed by atoms with Crippen LogP contribution in [0.25, 0.3) is 0 Å². The van der Waals surface area contributed by atoms with Gasteiger partial charge in [-0.25, -0.2) is 14.7 Å².